The Labute approximate surface area is 243 Å². The molecule has 0 aromatic rings. The number of imide groups is 1. The van der Waals surface area contributed by atoms with E-state index in [1.165, 1.54) is 44.9 Å². The zero-order valence-electron chi connectivity index (χ0n) is 24.7. The first-order valence-corrected chi connectivity index (χ1v) is 15.6. The molecule has 4 N–H and O–H groups in total. The van der Waals surface area contributed by atoms with Crippen molar-refractivity contribution in [2.75, 3.05) is 6.54 Å². The molecule has 3 rings (SSSR count). The Kier molecular flexibility index (Phi) is 14.0. The van der Waals surface area contributed by atoms with Crippen LogP contribution in [0.25, 0.3) is 0 Å². The molecule has 3 aliphatic rings. The standard InChI is InChI=1S/C30H50N2O9/c1-3-4-5-6-7-8-9-10-11-12-13-15-21(40-29-28(37)27(36)26(35)20(2)39-29)18-24(33)31-25(34)19-23-22-16-14-17-32(22)30(38)41-23/h19-22,26-29,35-37H,3-18H2,1-2H3,(H,31,33,34). The van der Waals surface area contributed by atoms with Crippen LogP contribution in [0.5, 0.6) is 0 Å². The highest BCUT2D eigenvalue weighted by atomic mass is 16.7. The highest BCUT2D eigenvalue weighted by Crippen LogP contribution is 2.31. The third-order valence-electron chi connectivity index (χ3n) is 8.23. The predicted molar refractivity (Wildman–Crippen MR) is 150 cm³/mol. The number of carbonyl (C=O) groups excluding carboxylic acids is 3. The first kappa shape index (κ1) is 33.5. The molecule has 11 nitrogen and oxygen atoms in total. The molecule has 0 aliphatic carbocycles. The Morgan fingerprint density at radius 2 is 1.63 bits per heavy atom. The number of unbranched alkanes of at least 4 members (excludes halogenated alkanes) is 10. The SMILES string of the molecule is CCCCCCCCCCCCCC(CC(=O)NC(=O)C=C1OC(=O)N2CCCC12)OC1OC(C)C(O)C(O)C1O. The number of ether oxygens (including phenoxy) is 3. The van der Waals surface area contributed by atoms with Crippen molar-refractivity contribution in [3.05, 3.63) is 11.8 Å². The number of amides is 3. The summed E-state index contributed by atoms with van der Waals surface area (Å²) in [7, 11) is 0. The lowest BCUT2D eigenvalue weighted by Crippen LogP contribution is -2.58. The minimum absolute atomic E-state index is 0.165. The van der Waals surface area contributed by atoms with Crippen LogP contribution in [0.4, 0.5) is 4.79 Å². The molecular formula is C30H50N2O9. The average Bonchev–Trinajstić information content (AvgIpc) is 3.53. The molecular weight excluding hydrogens is 532 g/mol. The third-order valence-corrected chi connectivity index (χ3v) is 8.23. The number of aliphatic hydroxyl groups excluding tert-OH is 3. The van der Waals surface area contributed by atoms with Gasteiger partial charge in [0.15, 0.2) is 6.29 Å². The van der Waals surface area contributed by atoms with Gasteiger partial charge in [0.25, 0.3) is 5.91 Å². The molecule has 41 heavy (non-hydrogen) atoms. The van der Waals surface area contributed by atoms with Gasteiger partial charge in [-0.05, 0) is 26.2 Å². The highest BCUT2D eigenvalue weighted by molar-refractivity contribution is 6.01. The van der Waals surface area contributed by atoms with Crippen molar-refractivity contribution in [2.24, 2.45) is 0 Å². The van der Waals surface area contributed by atoms with Gasteiger partial charge in [0.2, 0.25) is 5.91 Å². The van der Waals surface area contributed by atoms with Gasteiger partial charge in [-0.3, -0.25) is 19.8 Å². The van der Waals surface area contributed by atoms with E-state index in [4.69, 9.17) is 14.2 Å². The summed E-state index contributed by atoms with van der Waals surface area (Å²) >= 11 is 0. The van der Waals surface area contributed by atoms with E-state index in [0.29, 0.717) is 19.4 Å². The summed E-state index contributed by atoms with van der Waals surface area (Å²) in [6.45, 7) is 4.37. The van der Waals surface area contributed by atoms with Crippen molar-refractivity contribution in [3.63, 3.8) is 0 Å². The van der Waals surface area contributed by atoms with Crippen molar-refractivity contribution in [1.82, 2.24) is 10.2 Å². The van der Waals surface area contributed by atoms with Gasteiger partial charge in [0.05, 0.1) is 24.7 Å². The van der Waals surface area contributed by atoms with Crippen molar-refractivity contribution >= 4 is 17.9 Å². The number of aliphatic hydroxyl groups is 3. The Hall–Kier alpha value is -2.05. The third kappa shape index (κ3) is 10.3. The van der Waals surface area contributed by atoms with Crippen LogP contribution in [0.3, 0.4) is 0 Å². The maximum atomic E-state index is 12.8. The van der Waals surface area contributed by atoms with E-state index in [2.05, 4.69) is 12.2 Å². The first-order chi connectivity index (χ1) is 19.7. The van der Waals surface area contributed by atoms with Crippen LogP contribution in [-0.2, 0) is 23.8 Å². The Balaban J connectivity index is 1.47. The zero-order chi connectivity index (χ0) is 29.8. The van der Waals surface area contributed by atoms with Gasteiger partial charge in [-0.2, -0.15) is 0 Å². The Morgan fingerprint density at radius 3 is 2.29 bits per heavy atom. The molecule has 7 atom stereocenters. The average molecular weight is 583 g/mol. The molecule has 234 valence electrons. The van der Waals surface area contributed by atoms with Crippen LogP contribution in [-0.4, -0.2) is 87.5 Å². The quantitative estimate of drug-likeness (QED) is 0.149. The largest absolute Gasteiger partial charge is 0.415 e. The molecule has 3 aliphatic heterocycles. The fraction of sp³-hybridized carbons (Fsp3) is 0.833. The first-order valence-electron chi connectivity index (χ1n) is 15.6. The van der Waals surface area contributed by atoms with Crippen LogP contribution in [0.2, 0.25) is 0 Å². The van der Waals surface area contributed by atoms with E-state index < -0.39 is 54.7 Å². The predicted octanol–water partition coefficient (Wildman–Crippen LogP) is 3.43. The second-order valence-corrected chi connectivity index (χ2v) is 11.6. The van der Waals surface area contributed by atoms with Gasteiger partial charge in [-0.15, -0.1) is 0 Å². The van der Waals surface area contributed by atoms with Gasteiger partial charge in [-0.25, -0.2) is 4.79 Å². The van der Waals surface area contributed by atoms with Crippen LogP contribution in [0.15, 0.2) is 11.8 Å². The molecule has 3 saturated heterocycles. The topological polar surface area (TPSA) is 155 Å². The summed E-state index contributed by atoms with van der Waals surface area (Å²) in [6, 6.07) is -0.269. The minimum Gasteiger partial charge on any atom is -0.412 e. The fourth-order valence-electron chi connectivity index (χ4n) is 5.76. The van der Waals surface area contributed by atoms with Gasteiger partial charge >= 0.3 is 6.09 Å². The molecule has 0 aromatic carbocycles. The molecule has 0 spiro atoms. The molecule has 3 amide bonds. The lowest BCUT2D eigenvalue weighted by atomic mass is 9.99. The second-order valence-electron chi connectivity index (χ2n) is 11.6. The summed E-state index contributed by atoms with van der Waals surface area (Å²) in [6.07, 6.45) is 8.55. The van der Waals surface area contributed by atoms with Crippen LogP contribution in [0.1, 0.15) is 110 Å². The summed E-state index contributed by atoms with van der Waals surface area (Å²) in [5, 5.41) is 32.9. The van der Waals surface area contributed by atoms with E-state index in [9.17, 15) is 29.7 Å². The number of hydrogen-bond acceptors (Lipinski definition) is 9. The van der Waals surface area contributed by atoms with Crippen molar-refractivity contribution in [1.29, 1.82) is 0 Å². The minimum atomic E-state index is -1.48. The Morgan fingerprint density at radius 1 is 1.00 bits per heavy atom. The number of carbonyl (C=O) groups is 3. The Bertz CT molecular complexity index is 882. The van der Waals surface area contributed by atoms with Crippen LogP contribution in [0, 0.1) is 0 Å². The summed E-state index contributed by atoms with van der Waals surface area (Å²) in [5.74, 6) is -1.01. The number of nitrogens with one attached hydrogen (secondary N) is 1. The maximum absolute atomic E-state index is 12.8. The van der Waals surface area contributed by atoms with Crippen molar-refractivity contribution < 1.29 is 43.9 Å². The molecule has 7 unspecified atom stereocenters. The van der Waals surface area contributed by atoms with Crippen molar-refractivity contribution in [2.45, 2.75) is 153 Å². The lowest BCUT2D eigenvalue weighted by molar-refractivity contribution is -0.304. The van der Waals surface area contributed by atoms with Gasteiger partial charge in [0.1, 0.15) is 24.1 Å². The fourth-order valence-corrected chi connectivity index (χ4v) is 5.76. The molecule has 11 heteroatoms. The van der Waals surface area contributed by atoms with E-state index in [-0.39, 0.29) is 18.2 Å². The van der Waals surface area contributed by atoms with E-state index >= 15 is 0 Å². The number of hydrogen-bond donors (Lipinski definition) is 4. The molecule has 0 radical (unpaired) electrons. The van der Waals surface area contributed by atoms with Crippen molar-refractivity contribution in [3.8, 4) is 0 Å². The smallest absolute Gasteiger partial charge is 0.412 e. The van der Waals surface area contributed by atoms with Crippen LogP contribution >= 0.6 is 0 Å². The maximum Gasteiger partial charge on any atom is 0.415 e. The number of rotatable bonds is 17. The molecule has 0 bridgehead atoms. The summed E-state index contributed by atoms with van der Waals surface area (Å²) in [5.41, 5.74) is 0. The zero-order valence-corrected chi connectivity index (χ0v) is 24.7. The van der Waals surface area contributed by atoms with E-state index in [1.54, 1.807) is 11.8 Å². The van der Waals surface area contributed by atoms with Crippen LogP contribution < -0.4 is 5.32 Å². The van der Waals surface area contributed by atoms with Gasteiger partial charge < -0.3 is 29.5 Å². The number of fused-ring (bicyclic) bond motifs is 1. The molecule has 0 saturated carbocycles. The van der Waals surface area contributed by atoms with E-state index in [0.717, 1.165) is 38.2 Å². The molecule has 3 heterocycles. The normalized spacial score (nSPS) is 29.4. The monoisotopic (exact) mass is 582 g/mol. The number of nitrogens with zero attached hydrogens (tertiary/aromatic N) is 1. The summed E-state index contributed by atoms with van der Waals surface area (Å²) < 4.78 is 16.7. The lowest BCUT2D eigenvalue weighted by Gasteiger charge is -2.40. The second kappa shape index (κ2) is 17.2. The summed E-state index contributed by atoms with van der Waals surface area (Å²) in [4.78, 5) is 38.8. The molecule has 3 fully saturated rings. The number of cyclic esters (lactones) is 1. The highest BCUT2D eigenvalue weighted by Gasteiger charge is 2.44. The van der Waals surface area contributed by atoms with Gasteiger partial charge in [-0.1, -0.05) is 77.6 Å². The molecule has 0 aromatic heterocycles. The van der Waals surface area contributed by atoms with E-state index in [1.807, 2.05) is 0 Å². The van der Waals surface area contributed by atoms with Gasteiger partial charge in [0, 0.05) is 12.6 Å².